The molecule has 1 aromatic heterocycles. The molecule has 88 valence electrons. The van der Waals surface area contributed by atoms with Gasteiger partial charge in [0.15, 0.2) is 0 Å². The van der Waals surface area contributed by atoms with Crippen LogP contribution in [0.1, 0.15) is 24.1 Å². The number of hydrogen-bond donors (Lipinski definition) is 1. The van der Waals surface area contributed by atoms with E-state index >= 15 is 0 Å². The average molecular weight is 229 g/mol. The van der Waals surface area contributed by atoms with E-state index in [4.69, 9.17) is 10.5 Å². The lowest BCUT2D eigenvalue weighted by atomic mass is 10.0. The monoisotopic (exact) mass is 229 g/mol. The van der Waals surface area contributed by atoms with Crippen LogP contribution >= 0.6 is 0 Å². The second kappa shape index (κ2) is 5.41. The lowest BCUT2D eigenvalue weighted by Gasteiger charge is -2.12. The zero-order valence-corrected chi connectivity index (χ0v) is 9.71. The highest BCUT2D eigenvalue weighted by Crippen LogP contribution is 2.20. The van der Waals surface area contributed by atoms with E-state index in [0.717, 1.165) is 16.9 Å². The van der Waals surface area contributed by atoms with Crippen molar-refractivity contribution in [1.29, 1.82) is 0 Å². The highest BCUT2D eigenvalue weighted by molar-refractivity contribution is 5.33. The zero-order chi connectivity index (χ0) is 12.1. The SMILES string of the molecule is CCOc1ccc(C(N)c2cncnc2)cc1. The van der Waals surface area contributed by atoms with E-state index in [2.05, 4.69) is 9.97 Å². The van der Waals surface area contributed by atoms with Gasteiger partial charge in [0.25, 0.3) is 0 Å². The van der Waals surface area contributed by atoms with Gasteiger partial charge in [0, 0.05) is 18.0 Å². The topological polar surface area (TPSA) is 61.0 Å². The van der Waals surface area contributed by atoms with E-state index < -0.39 is 0 Å². The van der Waals surface area contributed by atoms with Crippen LogP contribution in [-0.4, -0.2) is 16.6 Å². The average Bonchev–Trinajstić information content (AvgIpc) is 2.40. The number of rotatable bonds is 4. The molecule has 0 fully saturated rings. The van der Waals surface area contributed by atoms with Crippen LogP contribution in [0.15, 0.2) is 43.0 Å². The molecule has 0 aliphatic carbocycles. The molecule has 2 N–H and O–H groups in total. The molecular formula is C13H15N3O. The quantitative estimate of drug-likeness (QED) is 0.870. The van der Waals surface area contributed by atoms with Crippen LogP contribution < -0.4 is 10.5 Å². The highest BCUT2D eigenvalue weighted by Gasteiger charge is 2.09. The van der Waals surface area contributed by atoms with Crippen LogP contribution in [0, 0.1) is 0 Å². The molecule has 0 saturated heterocycles. The molecular weight excluding hydrogens is 214 g/mol. The Labute approximate surface area is 100 Å². The van der Waals surface area contributed by atoms with Crippen LogP contribution in [0.2, 0.25) is 0 Å². The number of nitrogens with two attached hydrogens (primary N) is 1. The van der Waals surface area contributed by atoms with Gasteiger partial charge in [0.2, 0.25) is 0 Å². The summed E-state index contributed by atoms with van der Waals surface area (Å²) in [7, 11) is 0. The van der Waals surface area contributed by atoms with Crippen molar-refractivity contribution < 1.29 is 4.74 Å². The lowest BCUT2D eigenvalue weighted by Crippen LogP contribution is -2.12. The maximum absolute atomic E-state index is 6.12. The van der Waals surface area contributed by atoms with Crippen LogP contribution in [0.5, 0.6) is 5.75 Å². The molecule has 1 aromatic carbocycles. The van der Waals surface area contributed by atoms with Crippen molar-refractivity contribution in [2.45, 2.75) is 13.0 Å². The van der Waals surface area contributed by atoms with Gasteiger partial charge in [-0.1, -0.05) is 12.1 Å². The smallest absolute Gasteiger partial charge is 0.119 e. The molecule has 0 saturated carbocycles. The van der Waals surface area contributed by atoms with E-state index in [1.807, 2.05) is 31.2 Å². The Morgan fingerprint density at radius 3 is 2.35 bits per heavy atom. The minimum absolute atomic E-state index is 0.202. The Morgan fingerprint density at radius 2 is 1.76 bits per heavy atom. The van der Waals surface area contributed by atoms with Gasteiger partial charge in [-0.05, 0) is 24.6 Å². The van der Waals surface area contributed by atoms with Gasteiger partial charge in [-0.3, -0.25) is 0 Å². The fourth-order valence-corrected chi connectivity index (χ4v) is 1.60. The summed E-state index contributed by atoms with van der Waals surface area (Å²) < 4.78 is 5.38. The molecule has 2 rings (SSSR count). The summed E-state index contributed by atoms with van der Waals surface area (Å²) >= 11 is 0. The molecule has 0 aliphatic heterocycles. The summed E-state index contributed by atoms with van der Waals surface area (Å²) in [6.07, 6.45) is 4.96. The van der Waals surface area contributed by atoms with Crippen molar-refractivity contribution in [1.82, 2.24) is 9.97 Å². The molecule has 0 radical (unpaired) electrons. The minimum atomic E-state index is -0.202. The first kappa shape index (κ1) is 11.5. The molecule has 0 spiro atoms. The molecule has 0 bridgehead atoms. The normalized spacial score (nSPS) is 12.1. The number of ether oxygens (including phenoxy) is 1. The summed E-state index contributed by atoms with van der Waals surface area (Å²) in [6.45, 7) is 2.62. The fourth-order valence-electron chi connectivity index (χ4n) is 1.60. The van der Waals surface area contributed by atoms with Gasteiger partial charge < -0.3 is 10.5 Å². The van der Waals surface area contributed by atoms with Crippen molar-refractivity contribution in [2.24, 2.45) is 5.73 Å². The Morgan fingerprint density at radius 1 is 1.12 bits per heavy atom. The van der Waals surface area contributed by atoms with Gasteiger partial charge in [0.05, 0.1) is 12.6 Å². The van der Waals surface area contributed by atoms with Crippen LogP contribution in [0.25, 0.3) is 0 Å². The minimum Gasteiger partial charge on any atom is -0.494 e. The highest BCUT2D eigenvalue weighted by atomic mass is 16.5. The Hall–Kier alpha value is -1.94. The second-order valence-electron chi connectivity index (χ2n) is 3.65. The van der Waals surface area contributed by atoms with E-state index in [0.29, 0.717) is 6.61 Å². The molecule has 4 heteroatoms. The van der Waals surface area contributed by atoms with Crippen molar-refractivity contribution in [3.8, 4) is 5.75 Å². The maximum Gasteiger partial charge on any atom is 0.119 e. The first-order valence-corrected chi connectivity index (χ1v) is 5.54. The zero-order valence-electron chi connectivity index (χ0n) is 9.71. The van der Waals surface area contributed by atoms with E-state index in [1.54, 1.807) is 12.4 Å². The van der Waals surface area contributed by atoms with E-state index in [1.165, 1.54) is 6.33 Å². The lowest BCUT2D eigenvalue weighted by molar-refractivity contribution is 0.340. The summed E-state index contributed by atoms with van der Waals surface area (Å²) in [5.41, 5.74) is 8.04. The second-order valence-corrected chi connectivity index (χ2v) is 3.65. The molecule has 17 heavy (non-hydrogen) atoms. The molecule has 0 aliphatic rings. The maximum atomic E-state index is 6.12. The molecule has 0 amide bonds. The van der Waals surface area contributed by atoms with E-state index in [9.17, 15) is 0 Å². The number of benzene rings is 1. The largest absolute Gasteiger partial charge is 0.494 e. The van der Waals surface area contributed by atoms with Crippen LogP contribution in [0.4, 0.5) is 0 Å². The molecule has 2 aromatic rings. The van der Waals surface area contributed by atoms with Crippen LogP contribution in [0.3, 0.4) is 0 Å². The molecule has 1 unspecified atom stereocenters. The van der Waals surface area contributed by atoms with Gasteiger partial charge >= 0.3 is 0 Å². The molecule has 1 atom stereocenters. The third-order valence-corrected chi connectivity index (χ3v) is 2.49. The van der Waals surface area contributed by atoms with E-state index in [-0.39, 0.29) is 6.04 Å². The summed E-state index contributed by atoms with van der Waals surface area (Å²) in [5.74, 6) is 0.854. The first-order chi connectivity index (χ1) is 8.31. The molecule has 4 nitrogen and oxygen atoms in total. The first-order valence-electron chi connectivity index (χ1n) is 5.54. The van der Waals surface area contributed by atoms with Gasteiger partial charge in [0.1, 0.15) is 12.1 Å². The molecule has 1 heterocycles. The standard InChI is InChI=1S/C13H15N3O/c1-2-17-12-5-3-10(4-6-12)13(14)11-7-15-9-16-8-11/h3-9,13H,2,14H2,1H3. The van der Waals surface area contributed by atoms with Crippen molar-refractivity contribution >= 4 is 0 Å². The third kappa shape index (κ3) is 2.79. The van der Waals surface area contributed by atoms with Crippen molar-refractivity contribution in [3.63, 3.8) is 0 Å². The fraction of sp³-hybridized carbons (Fsp3) is 0.231. The Kier molecular flexibility index (Phi) is 3.67. The predicted octanol–water partition coefficient (Wildman–Crippen LogP) is 1.92. The van der Waals surface area contributed by atoms with Crippen molar-refractivity contribution in [3.05, 3.63) is 54.1 Å². The summed E-state index contributed by atoms with van der Waals surface area (Å²) in [6, 6.07) is 7.56. The predicted molar refractivity (Wildman–Crippen MR) is 65.7 cm³/mol. The van der Waals surface area contributed by atoms with Crippen LogP contribution in [-0.2, 0) is 0 Å². The number of hydrogen-bond acceptors (Lipinski definition) is 4. The summed E-state index contributed by atoms with van der Waals surface area (Å²) in [4.78, 5) is 7.92. The Bertz CT molecular complexity index is 456. The number of nitrogens with zero attached hydrogens (tertiary/aromatic N) is 2. The number of aromatic nitrogens is 2. The van der Waals surface area contributed by atoms with Gasteiger partial charge in [-0.15, -0.1) is 0 Å². The Balaban J connectivity index is 2.17. The van der Waals surface area contributed by atoms with Gasteiger partial charge in [-0.2, -0.15) is 0 Å². The van der Waals surface area contributed by atoms with Gasteiger partial charge in [-0.25, -0.2) is 9.97 Å². The van der Waals surface area contributed by atoms with Crippen molar-refractivity contribution in [2.75, 3.05) is 6.61 Å². The third-order valence-electron chi connectivity index (χ3n) is 2.49. The summed E-state index contributed by atoms with van der Waals surface area (Å²) in [5, 5.41) is 0.